The van der Waals surface area contributed by atoms with Crippen molar-refractivity contribution in [1.29, 1.82) is 0 Å². The predicted molar refractivity (Wildman–Crippen MR) is 135 cm³/mol. The fraction of sp³-hybridized carbons (Fsp3) is 0.345. The van der Waals surface area contributed by atoms with E-state index >= 15 is 0 Å². The Labute approximate surface area is 197 Å². The van der Waals surface area contributed by atoms with Gasteiger partial charge in [-0.3, -0.25) is 9.69 Å². The van der Waals surface area contributed by atoms with Crippen LogP contribution in [0.5, 0.6) is 5.75 Å². The average Bonchev–Trinajstić information content (AvgIpc) is 2.81. The summed E-state index contributed by atoms with van der Waals surface area (Å²) in [5.74, 6) is 1.43. The van der Waals surface area contributed by atoms with Gasteiger partial charge in [-0.2, -0.15) is 0 Å². The molecule has 1 saturated heterocycles. The van der Waals surface area contributed by atoms with Gasteiger partial charge in [0.25, 0.3) is 5.91 Å². The number of rotatable bonds is 8. The van der Waals surface area contributed by atoms with Gasteiger partial charge in [0.15, 0.2) is 0 Å². The summed E-state index contributed by atoms with van der Waals surface area (Å²) in [6.45, 7) is 7.18. The third kappa shape index (κ3) is 6.93. The molecule has 33 heavy (non-hydrogen) atoms. The van der Waals surface area contributed by atoms with Crippen molar-refractivity contribution in [3.8, 4) is 5.75 Å². The summed E-state index contributed by atoms with van der Waals surface area (Å²) in [6.07, 6.45) is 3.77. The third-order valence-electron chi connectivity index (χ3n) is 6.16. The summed E-state index contributed by atoms with van der Waals surface area (Å²) in [5.41, 5.74) is 4.10. The summed E-state index contributed by atoms with van der Waals surface area (Å²) in [6, 6.07) is 26.3. The van der Waals surface area contributed by atoms with Crippen LogP contribution < -0.4 is 10.1 Å². The quantitative estimate of drug-likeness (QED) is 0.453. The van der Waals surface area contributed by atoms with E-state index in [0.29, 0.717) is 5.56 Å². The molecule has 0 radical (unpaired) electrons. The number of amides is 1. The lowest BCUT2D eigenvalue weighted by Gasteiger charge is -2.32. The number of carbonyl (C=O) groups is 1. The van der Waals surface area contributed by atoms with Gasteiger partial charge in [-0.15, -0.1) is 0 Å². The maximum atomic E-state index is 12.7. The van der Waals surface area contributed by atoms with E-state index in [4.69, 9.17) is 4.74 Å². The molecule has 0 aromatic heterocycles. The van der Waals surface area contributed by atoms with E-state index in [0.717, 1.165) is 37.0 Å². The van der Waals surface area contributed by atoms with E-state index in [1.54, 1.807) is 0 Å². The molecule has 3 aromatic rings. The van der Waals surface area contributed by atoms with Crippen LogP contribution >= 0.6 is 0 Å². The molecule has 0 spiro atoms. The number of piperidine rings is 1. The molecule has 3 aromatic carbocycles. The van der Waals surface area contributed by atoms with E-state index in [1.807, 2.05) is 50.2 Å². The first-order valence-corrected chi connectivity index (χ1v) is 12.0. The average molecular weight is 443 g/mol. The van der Waals surface area contributed by atoms with Crippen LogP contribution in [0.3, 0.4) is 0 Å². The number of hydrogen-bond donors (Lipinski definition) is 1. The van der Waals surface area contributed by atoms with Gasteiger partial charge in [-0.1, -0.05) is 48.5 Å². The summed E-state index contributed by atoms with van der Waals surface area (Å²) in [5, 5.41) is 2.97. The Hall–Kier alpha value is -3.11. The minimum atomic E-state index is -0.107. The van der Waals surface area contributed by atoms with Crippen LogP contribution in [0.15, 0.2) is 78.9 Å². The number of benzene rings is 3. The van der Waals surface area contributed by atoms with Gasteiger partial charge in [-0.25, -0.2) is 0 Å². The molecule has 1 aliphatic heterocycles. The Balaban J connectivity index is 1.26. The van der Waals surface area contributed by atoms with Gasteiger partial charge in [0, 0.05) is 23.9 Å². The minimum Gasteiger partial charge on any atom is -0.491 e. The second kappa shape index (κ2) is 11.2. The van der Waals surface area contributed by atoms with Gasteiger partial charge in [0.05, 0.1) is 6.10 Å². The van der Waals surface area contributed by atoms with Crippen molar-refractivity contribution in [2.24, 2.45) is 5.92 Å². The molecule has 172 valence electrons. The minimum absolute atomic E-state index is 0.0955. The fourth-order valence-electron chi connectivity index (χ4n) is 4.44. The van der Waals surface area contributed by atoms with E-state index in [9.17, 15) is 4.79 Å². The molecule has 4 heteroatoms. The Morgan fingerprint density at radius 1 is 0.939 bits per heavy atom. The van der Waals surface area contributed by atoms with Crippen LogP contribution in [0.1, 0.15) is 48.2 Å². The maximum Gasteiger partial charge on any atom is 0.255 e. The van der Waals surface area contributed by atoms with E-state index < -0.39 is 0 Å². The highest BCUT2D eigenvalue weighted by Crippen LogP contribution is 2.23. The molecule has 0 aliphatic carbocycles. The molecular formula is C29H34N2O2. The van der Waals surface area contributed by atoms with Crippen LogP contribution in [0.25, 0.3) is 0 Å². The van der Waals surface area contributed by atoms with Crippen molar-refractivity contribution in [1.82, 2.24) is 4.90 Å². The predicted octanol–water partition coefficient (Wildman–Crippen LogP) is 6.18. The number of nitrogens with zero attached hydrogens (tertiary/aromatic N) is 1. The molecule has 0 bridgehead atoms. The summed E-state index contributed by atoms with van der Waals surface area (Å²) < 4.78 is 5.71. The van der Waals surface area contributed by atoms with Gasteiger partial charge in [0.2, 0.25) is 0 Å². The highest BCUT2D eigenvalue weighted by atomic mass is 16.5. The Kier molecular flexibility index (Phi) is 7.79. The normalized spacial score (nSPS) is 14.9. The monoisotopic (exact) mass is 442 g/mol. The van der Waals surface area contributed by atoms with Crippen molar-refractivity contribution in [2.45, 2.75) is 45.8 Å². The number of anilines is 1. The van der Waals surface area contributed by atoms with E-state index in [-0.39, 0.29) is 12.0 Å². The Bertz CT molecular complexity index is 1020. The molecule has 1 amide bonds. The molecule has 0 unspecified atom stereocenters. The van der Waals surface area contributed by atoms with Crippen molar-refractivity contribution < 1.29 is 9.53 Å². The Morgan fingerprint density at radius 2 is 1.67 bits per heavy atom. The molecule has 4 rings (SSSR count). The second-order valence-electron chi connectivity index (χ2n) is 9.25. The van der Waals surface area contributed by atoms with Gasteiger partial charge >= 0.3 is 0 Å². The SMILES string of the molecule is CC(C)Oc1cccc(NC(=O)c2ccc(CN3CCC(Cc4ccccc4)CC3)cc2)c1. The fourth-order valence-corrected chi connectivity index (χ4v) is 4.44. The van der Waals surface area contributed by atoms with Crippen LogP contribution in [0, 0.1) is 5.92 Å². The number of nitrogens with one attached hydrogen (secondary N) is 1. The smallest absolute Gasteiger partial charge is 0.255 e. The molecule has 4 nitrogen and oxygen atoms in total. The van der Waals surface area contributed by atoms with Crippen molar-refractivity contribution in [2.75, 3.05) is 18.4 Å². The zero-order chi connectivity index (χ0) is 23.0. The summed E-state index contributed by atoms with van der Waals surface area (Å²) >= 11 is 0. The first kappa shape index (κ1) is 23.1. The van der Waals surface area contributed by atoms with Crippen LogP contribution in [-0.2, 0) is 13.0 Å². The molecule has 0 atom stereocenters. The number of likely N-dealkylation sites (tertiary alicyclic amines) is 1. The van der Waals surface area contributed by atoms with E-state index in [1.165, 1.54) is 30.4 Å². The zero-order valence-electron chi connectivity index (χ0n) is 19.7. The standard InChI is InChI=1S/C29H34N2O2/c1-22(2)33-28-10-6-9-27(20-28)30-29(32)26-13-11-25(12-14-26)21-31-17-15-24(16-18-31)19-23-7-4-3-5-8-23/h3-14,20,22,24H,15-19,21H2,1-2H3,(H,30,32). The lowest BCUT2D eigenvalue weighted by atomic mass is 9.90. The van der Waals surface area contributed by atoms with Gasteiger partial charge in [-0.05, 0) is 87.5 Å². The summed E-state index contributed by atoms with van der Waals surface area (Å²) in [7, 11) is 0. The molecule has 1 fully saturated rings. The molecule has 0 saturated carbocycles. The molecule has 1 aliphatic rings. The van der Waals surface area contributed by atoms with Crippen molar-refractivity contribution >= 4 is 11.6 Å². The van der Waals surface area contributed by atoms with Crippen LogP contribution in [0.4, 0.5) is 5.69 Å². The highest BCUT2D eigenvalue weighted by Gasteiger charge is 2.19. The summed E-state index contributed by atoms with van der Waals surface area (Å²) in [4.78, 5) is 15.2. The van der Waals surface area contributed by atoms with Crippen LogP contribution in [-0.4, -0.2) is 30.0 Å². The van der Waals surface area contributed by atoms with E-state index in [2.05, 4.69) is 52.7 Å². The Morgan fingerprint density at radius 3 is 2.36 bits per heavy atom. The largest absolute Gasteiger partial charge is 0.491 e. The molecular weight excluding hydrogens is 408 g/mol. The molecule has 1 heterocycles. The van der Waals surface area contributed by atoms with Gasteiger partial charge in [0.1, 0.15) is 5.75 Å². The van der Waals surface area contributed by atoms with Crippen LogP contribution in [0.2, 0.25) is 0 Å². The van der Waals surface area contributed by atoms with Gasteiger partial charge < -0.3 is 10.1 Å². The first-order valence-electron chi connectivity index (χ1n) is 12.0. The molecule has 1 N–H and O–H groups in total. The number of carbonyl (C=O) groups excluding carboxylic acids is 1. The highest BCUT2D eigenvalue weighted by molar-refractivity contribution is 6.04. The second-order valence-corrected chi connectivity index (χ2v) is 9.25. The lowest BCUT2D eigenvalue weighted by molar-refractivity contribution is 0.102. The van der Waals surface area contributed by atoms with Crippen molar-refractivity contribution in [3.05, 3.63) is 95.6 Å². The number of hydrogen-bond acceptors (Lipinski definition) is 3. The zero-order valence-corrected chi connectivity index (χ0v) is 19.7. The lowest BCUT2D eigenvalue weighted by Crippen LogP contribution is -2.33. The maximum absolute atomic E-state index is 12.7. The van der Waals surface area contributed by atoms with Crippen molar-refractivity contribution in [3.63, 3.8) is 0 Å². The third-order valence-corrected chi connectivity index (χ3v) is 6.16. The topological polar surface area (TPSA) is 41.6 Å². The first-order chi connectivity index (χ1) is 16.0. The number of ether oxygens (including phenoxy) is 1.